The van der Waals surface area contributed by atoms with Crippen molar-refractivity contribution in [3.8, 4) is 0 Å². The van der Waals surface area contributed by atoms with E-state index in [0.717, 1.165) is 6.08 Å². The lowest BCUT2D eigenvalue weighted by molar-refractivity contribution is -0.533. The predicted octanol–water partition coefficient (Wildman–Crippen LogP) is -1.43. The molecule has 1 fully saturated rings. The number of hydrogen-bond donors (Lipinski definition) is 2. The molecule has 2 aliphatic rings. The maximum atomic E-state index is 11.3. The Morgan fingerprint density at radius 2 is 2.19 bits per heavy atom. The summed E-state index contributed by atoms with van der Waals surface area (Å²) in [6.45, 7) is 0. The highest BCUT2D eigenvalue weighted by Gasteiger charge is 2.53. The van der Waals surface area contributed by atoms with Gasteiger partial charge in [-0.15, -0.1) is 0 Å². The molecule has 0 aromatic heterocycles. The van der Waals surface area contributed by atoms with Gasteiger partial charge in [0.05, 0.1) is 6.10 Å². The number of carbonyl (C=O) groups excluding carboxylic acids is 3. The third kappa shape index (κ3) is 3.14. The average molecular weight is 298 g/mol. The monoisotopic (exact) mass is 298 g/mol. The lowest BCUT2D eigenvalue weighted by Crippen LogP contribution is -2.41. The van der Waals surface area contributed by atoms with E-state index in [0.29, 0.717) is 0 Å². The summed E-state index contributed by atoms with van der Waals surface area (Å²) in [5.41, 5.74) is 0. The fraction of sp³-hybridized carbons (Fsp3) is 0.583. The van der Waals surface area contributed by atoms with Crippen LogP contribution in [0.1, 0.15) is 12.8 Å². The Labute approximate surface area is 119 Å². The normalized spacial score (nSPS) is 36.7. The Hall–Kier alpha value is -2.13. The molecule has 9 nitrogen and oxygen atoms in total. The Morgan fingerprint density at radius 1 is 1.48 bits per heavy atom. The van der Waals surface area contributed by atoms with Gasteiger partial charge in [-0.1, -0.05) is 6.08 Å². The minimum absolute atomic E-state index is 0.0161. The molecule has 21 heavy (non-hydrogen) atoms. The van der Waals surface area contributed by atoms with E-state index in [1.165, 1.54) is 6.08 Å². The molecule has 0 saturated carbocycles. The minimum Gasteiger partial charge on any atom is -0.383 e. The van der Waals surface area contributed by atoms with E-state index in [-0.39, 0.29) is 19.1 Å². The van der Waals surface area contributed by atoms with Gasteiger partial charge in [-0.25, -0.2) is 0 Å². The summed E-state index contributed by atoms with van der Waals surface area (Å²) >= 11 is 0. The first-order valence-electron chi connectivity index (χ1n) is 6.38. The summed E-state index contributed by atoms with van der Waals surface area (Å²) < 4.78 is 5.25. The van der Waals surface area contributed by atoms with Crippen molar-refractivity contribution in [2.75, 3.05) is 0 Å². The van der Waals surface area contributed by atoms with Gasteiger partial charge in [0.1, 0.15) is 0 Å². The van der Waals surface area contributed by atoms with E-state index >= 15 is 0 Å². The van der Waals surface area contributed by atoms with Gasteiger partial charge in [-0.05, 0) is 12.5 Å². The average Bonchev–Trinajstić information content (AvgIpc) is 2.74. The molecule has 1 saturated heterocycles. The molecule has 2 aliphatic heterocycles. The molecule has 1 unspecified atom stereocenters. The molecular formula is C12H14N2O7. The van der Waals surface area contributed by atoms with Crippen LogP contribution < -0.4 is 5.32 Å². The van der Waals surface area contributed by atoms with Crippen molar-refractivity contribution in [2.45, 2.75) is 37.2 Å². The minimum atomic E-state index is -1.55. The van der Waals surface area contributed by atoms with Crippen molar-refractivity contribution in [3.05, 3.63) is 22.3 Å². The number of nitrogens with zero attached hydrogens (tertiary/aromatic N) is 1. The Morgan fingerprint density at radius 3 is 2.76 bits per heavy atom. The van der Waals surface area contributed by atoms with Crippen LogP contribution in [0.25, 0.3) is 0 Å². The van der Waals surface area contributed by atoms with E-state index in [9.17, 15) is 29.6 Å². The zero-order valence-electron chi connectivity index (χ0n) is 10.9. The molecule has 0 radical (unpaired) electrons. The van der Waals surface area contributed by atoms with Crippen LogP contribution in [-0.4, -0.2) is 52.5 Å². The second-order valence-corrected chi connectivity index (χ2v) is 4.94. The maximum Gasteiger partial charge on any atom is 0.273 e. The quantitative estimate of drug-likeness (QED) is 0.282. The van der Waals surface area contributed by atoms with E-state index in [1.54, 1.807) is 0 Å². The molecule has 0 aromatic carbocycles. The molecule has 2 rings (SSSR count). The Balaban J connectivity index is 2.20. The van der Waals surface area contributed by atoms with E-state index in [2.05, 4.69) is 5.32 Å². The van der Waals surface area contributed by atoms with Crippen LogP contribution in [0.15, 0.2) is 12.2 Å². The van der Waals surface area contributed by atoms with Gasteiger partial charge in [0, 0.05) is 17.3 Å². The van der Waals surface area contributed by atoms with Crippen molar-refractivity contribution < 1.29 is 29.2 Å². The standard InChI is InChI=1S/C12H14N2O7/c15-5-7-10(14(19)20)11(18)12(21-7)6-1-3-8(16)13-9(17)4-2-6/h1,3,5-7,10-12,18H,2,4H2,(H,13,16,17)/t6?,7-,10-,11-,12+/m1/s1. The molecular weight excluding hydrogens is 284 g/mol. The molecule has 0 aliphatic carbocycles. The Kier molecular flexibility index (Phi) is 4.43. The lowest BCUT2D eigenvalue weighted by atomic mass is 9.90. The van der Waals surface area contributed by atoms with Gasteiger partial charge in [0.25, 0.3) is 6.04 Å². The first-order chi connectivity index (χ1) is 9.93. The van der Waals surface area contributed by atoms with Gasteiger partial charge in [-0.2, -0.15) is 0 Å². The SMILES string of the molecule is O=C[C@H]1O[C@@H](C2C=CC(=O)NC(=O)CC2)[C@H](O)[C@@H]1[N+](=O)[O-]. The summed E-state index contributed by atoms with van der Waals surface area (Å²) in [7, 11) is 0. The molecule has 9 heteroatoms. The van der Waals surface area contributed by atoms with Crippen LogP contribution in [0, 0.1) is 16.0 Å². The number of nitro groups is 1. The van der Waals surface area contributed by atoms with E-state index < -0.39 is 47.0 Å². The number of nitrogens with one attached hydrogen (secondary N) is 1. The number of amides is 2. The number of aliphatic hydroxyl groups is 1. The van der Waals surface area contributed by atoms with Crippen LogP contribution in [0.5, 0.6) is 0 Å². The molecule has 2 N–H and O–H groups in total. The van der Waals surface area contributed by atoms with Gasteiger partial charge in [0.15, 0.2) is 18.5 Å². The van der Waals surface area contributed by atoms with Crippen molar-refractivity contribution in [1.29, 1.82) is 0 Å². The highest BCUT2D eigenvalue weighted by Crippen LogP contribution is 2.31. The molecule has 5 atom stereocenters. The molecule has 2 amide bonds. The predicted molar refractivity (Wildman–Crippen MR) is 66.5 cm³/mol. The highest BCUT2D eigenvalue weighted by atomic mass is 16.6. The van der Waals surface area contributed by atoms with Crippen LogP contribution in [-0.2, 0) is 19.1 Å². The van der Waals surface area contributed by atoms with Gasteiger partial charge in [0.2, 0.25) is 11.8 Å². The van der Waals surface area contributed by atoms with Crippen LogP contribution in [0.2, 0.25) is 0 Å². The number of aldehydes is 1. The van der Waals surface area contributed by atoms with Gasteiger partial charge in [-0.3, -0.25) is 25.0 Å². The highest BCUT2D eigenvalue weighted by molar-refractivity contribution is 6.01. The number of carbonyl (C=O) groups is 3. The van der Waals surface area contributed by atoms with Crippen molar-refractivity contribution in [2.24, 2.45) is 5.92 Å². The lowest BCUT2D eigenvalue weighted by Gasteiger charge is -2.23. The van der Waals surface area contributed by atoms with Crippen LogP contribution >= 0.6 is 0 Å². The Bertz CT molecular complexity index is 504. The van der Waals surface area contributed by atoms with Crippen molar-refractivity contribution in [3.63, 3.8) is 0 Å². The number of imide groups is 1. The fourth-order valence-corrected chi connectivity index (χ4v) is 2.56. The number of ether oxygens (including phenoxy) is 1. The number of aliphatic hydroxyl groups excluding tert-OH is 1. The fourth-order valence-electron chi connectivity index (χ4n) is 2.56. The molecule has 0 aromatic rings. The summed E-state index contributed by atoms with van der Waals surface area (Å²) in [6.07, 6.45) is -0.750. The topological polar surface area (TPSA) is 136 Å². The molecule has 0 bridgehead atoms. The second kappa shape index (κ2) is 6.10. The number of hydrogen-bond acceptors (Lipinski definition) is 7. The summed E-state index contributed by atoms with van der Waals surface area (Å²) in [4.78, 5) is 43.6. The van der Waals surface area contributed by atoms with E-state index in [1.807, 2.05) is 0 Å². The molecule has 2 heterocycles. The summed E-state index contributed by atoms with van der Waals surface area (Å²) in [6, 6.07) is -1.55. The number of rotatable bonds is 3. The zero-order chi connectivity index (χ0) is 15.6. The summed E-state index contributed by atoms with van der Waals surface area (Å²) in [5, 5.41) is 23.0. The van der Waals surface area contributed by atoms with E-state index in [4.69, 9.17) is 4.74 Å². The van der Waals surface area contributed by atoms with Crippen molar-refractivity contribution >= 4 is 18.1 Å². The van der Waals surface area contributed by atoms with Crippen LogP contribution in [0.4, 0.5) is 0 Å². The molecule has 114 valence electrons. The zero-order valence-corrected chi connectivity index (χ0v) is 10.9. The second-order valence-electron chi connectivity index (χ2n) is 4.94. The first-order valence-corrected chi connectivity index (χ1v) is 6.38. The smallest absolute Gasteiger partial charge is 0.273 e. The molecule has 0 spiro atoms. The largest absolute Gasteiger partial charge is 0.383 e. The van der Waals surface area contributed by atoms with Gasteiger partial charge < -0.3 is 14.6 Å². The maximum absolute atomic E-state index is 11.3. The third-order valence-electron chi connectivity index (χ3n) is 3.60. The third-order valence-corrected chi connectivity index (χ3v) is 3.60. The van der Waals surface area contributed by atoms with Crippen molar-refractivity contribution in [1.82, 2.24) is 5.32 Å². The van der Waals surface area contributed by atoms with Gasteiger partial charge >= 0.3 is 0 Å². The van der Waals surface area contributed by atoms with Crippen LogP contribution in [0.3, 0.4) is 0 Å². The summed E-state index contributed by atoms with van der Waals surface area (Å²) in [5.74, 6) is -1.64. The first kappa shape index (κ1) is 15.3.